The van der Waals surface area contributed by atoms with Gasteiger partial charge in [-0.25, -0.2) is 9.18 Å². The third kappa shape index (κ3) is 4.97. The Balaban J connectivity index is 2.03. The number of nitrogens with zero attached hydrogens (tertiary/aromatic N) is 1. The minimum atomic E-state index is -1.03. The first-order valence-corrected chi connectivity index (χ1v) is 7.53. The fourth-order valence-corrected chi connectivity index (χ4v) is 2.37. The van der Waals surface area contributed by atoms with E-state index in [1.165, 1.54) is 25.0 Å². The van der Waals surface area contributed by atoms with E-state index in [1.807, 2.05) is 0 Å². The number of hydrogen-bond acceptors (Lipinski definition) is 2. The summed E-state index contributed by atoms with van der Waals surface area (Å²) in [5.41, 5.74) is 1.26. The molecule has 0 unspecified atom stereocenters. The molecule has 1 saturated carbocycles. The Labute approximate surface area is 125 Å². The Morgan fingerprint density at radius 1 is 1.48 bits per heavy atom. The van der Waals surface area contributed by atoms with E-state index in [2.05, 4.69) is 11.8 Å². The van der Waals surface area contributed by atoms with Crippen LogP contribution in [-0.2, 0) is 11.3 Å². The Morgan fingerprint density at radius 3 is 2.81 bits per heavy atom. The van der Waals surface area contributed by atoms with Crippen molar-refractivity contribution < 1.29 is 14.3 Å². The van der Waals surface area contributed by atoms with Crippen molar-refractivity contribution in [2.24, 2.45) is 0 Å². The van der Waals surface area contributed by atoms with Gasteiger partial charge in [0.25, 0.3) is 0 Å². The van der Waals surface area contributed by atoms with Crippen LogP contribution in [0.3, 0.4) is 0 Å². The van der Waals surface area contributed by atoms with Crippen molar-refractivity contribution in [3.05, 3.63) is 41.2 Å². The molecule has 2 rings (SSSR count). The largest absolute Gasteiger partial charge is 0.478 e. The van der Waals surface area contributed by atoms with Crippen molar-refractivity contribution in [2.75, 3.05) is 6.54 Å². The summed E-state index contributed by atoms with van der Waals surface area (Å²) in [5, 5.41) is 8.58. The Bertz CT molecular complexity index is 524. The molecule has 1 N–H and O–H groups in total. The smallest absolute Gasteiger partial charge is 0.328 e. The second-order valence-electron chi connectivity index (χ2n) is 5.58. The van der Waals surface area contributed by atoms with Crippen molar-refractivity contribution in [3.63, 3.8) is 0 Å². The number of benzene rings is 1. The average molecular weight is 291 g/mol. The Kier molecular flexibility index (Phi) is 5.51. The lowest BCUT2D eigenvalue weighted by molar-refractivity contribution is -0.131. The lowest BCUT2D eigenvalue weighted by Crippen LogP contribution is -2.27. The highest BCUT2D eigenvalue weighted by Crippen LogP contribution is 2.29. The third-order valence-electron chi connectivity index (χ3n) is 3.73. The fourth-order valence-electron chi connectivity index (χ4n) is 2.37. The zero-order chi connectivity index (χ0) is 15.2. The molecule has 21 heavy (non-hydrogen) atoms. The van der Waals surface area contributed by atoms with Crippen molar-refractivity contribution in [3.8, 4) is 0 Å². The number of halogens is 1. The van der Waals surface area contributed by atoms with E-state index in [0.29, 0.717) is 23.7 Å². The predicted molar refractivity (Wildman–Crippen MR) is 81.4 cm³/mol. The maximum Gasteiger partial charge on any atom is 0.328 e. The molecule has 0 radical (unpaired) electrons. The van der Waals surface area contributed by atoms with Gasteiger partial charge in [0.15, 0.2) is 0 Å². The van der Waals surface area contributed by atoms with Gasteiger partial charge in [-0.1, -0.05) is 25.5 Å². The van der Waals surface area contributed by atoms with Crippen LogP contribution in [0.4, 0.5) is 4.39 Å². The Morgan fingerprint density at radius 2 is 2.24 bits per heavy atom. The maximum absolute atomic E-state index is 14.1. The number of carbonyl (C=O) groups is 1. The highest BCUT2D eigenvalue weighted by atomic mass is 19.1. The molecule has 3 nitrogen and oxygen atoms in total. The molecule has 0 amide bonds. The molecule has 0 saturated heterocycles. The number of carboxylic acid groups (broad SMARTS) is 1. The molecule has 0 heterocycles. The van der Waals surface area contributed by atoms with E-state index in [1.54, 1.807) is 12.1 Å². The minimum Gasteiger partial charge on any atom is -0.478 e. The second kappa shape index (κ2) is 7.36. The summed E-state index contributed by atoms with van der Waals surface area (Å²) in [6.45, 7) is 3.82. The molecular formula is C17H22FNO2. The molecular weight excluding hydrogens is 269 g/mol. The van der Waals surface area contributed by atoms with Crippen LogP contribution in [0.5, 0.6) is 0 Å². The van der Waals surface area contributed by atoms with Crippen LogP contribution < -0.4 is 0 Å². The van der Waals surface area contributed by atoms with Gasteiger partial charge in [0.2, 0.25) is 0 Å². The van der Waals surface area contributed by atoms with Crippen molar-refractivity contribution >= 4 is 12.0 Å². The minimum absolute atomic E-state index is 0.260. The van der Waals surface area contributed by atoms with Crippen LogP contribution in [0.15, 0.2) is 24.3 Å². The summed E-state index contributed by atoms with van der Waals surface area (Å²) in [7, 11) is 0. The summed E-state index contributed by atoms with van der Waals surface area (Å²) in [6.07, 6.45) is 7.13. The molecule has 0 atom stereocenters. The van der Waals surface area contributed by atoms with Gasteiger partial charge in [0.1, 0.15) is 5.82 Å². The van der Waals surface area contributed by atoms with Crippen LogP contribution in [-0.4, -0.2) is 28.6 Å². The standard InChI is InChI=1S/C17H22FNO2/c1-2-3-10-19(15-7-8-15)12-14-6-4-13(11-16(14)18)5-9-17(20)21/h4-6,9,11,15H,2-3,7-8,10,12H2,1H3,(H,20,21). The predicted octanol–water partition coefficient (Wildman–Crippen LogP) is 3.69. The number of rotatable bonds is 8. The van der Waals surface area contributed by atoms with Gasteiger partial charge < -0.3 is 5.11 Å². The molecule has 1 aromatic carbocycles. The number of unbranched alkanes of at least 4 members (excludes halogenated alkanes) is 1. The van der Waals surface area contributed by atoms with Crippen LogP contribution in [0, 0.1) is 5.82 Å². The summed E-state index contributed by atoms with van der Waals surface area (Å²) in [4.78, 5) is 12.8. The zero-order valence-corrected chi connectivity index (χ0v) is 12.4. The quantitative estimate of drug-likeness (QED) is 0.743. The highest BCUT2D eigenvalue weighted by Gasteiger charge is 2.28. The van der Waals surface area contributed by atoms with Gasteiger partial charge in [-0.15, -0.1) is 0 Å². The van der Waals surface area contributed by atoms with E-state index >= 15 is 0 Å². The molecule has 114 valence electrons. The number of carboxylic acids is 1. The topological polar surface area (TPSA) is 40.5 Å². The van der Waals surface area contributed by atoms with Gasteiger partial charge in [0.05, 0.1) is 0 Å². The maximum atomic E-state index is 14.1. The van der Waals surface area contributed by atoms with E-state index in [-0.39, 0.29) is 5.82 Å². The van der Waals surface area contributed by atoms with E-state index < -0.39 is 5.97 Å². The molecule has 1 aliphatic carbocycles. The lowest BCUT2D eigenvalue weighted by atomic mass is 10.1. The highest BCUT2D eigenvalue weighted by molar-refractivity contribution is 5.85. The van der Waals surface area contributed by atoms with Crippen LogP contribution in [0.25, 0.3) is 6.08 Å². The van der Waals surface area contributed by atoms with E-state index in [0.717, 1.165) is 25.5 Å². The van der Waals surface area contributed by atoms with Crippen LogP contribution in [0.2, 0.25) is 0 Å². The summed E-state index contributed by atoms with van der Waals surface area (Å²) < 4.78 is 14.1. The number of aliphatic carboxylic acids is 1. The van der Waals surface area contributed by atoms with Crippen LogP contribution in [0.1, 0.15) is 43.7 Å². The van der Waals surface area contributed by atoms with Crippen molar-refractivity contribution in [1.29, 1.82) is 0 Å². The summed E-state index contributed by atoms with van der Waals surface area (Å²) in [6, 6.07) is 5.54. The molecule has 0 bridgehead atoms. The summed E-state index contributed by atoms with van der Waals surface area (Å²) in [5.74, 6) is -1.29. The van der Waals surface area contributed by atoms with Gasteiger partial charge in [-0.3, -0.25) is 4.90 Å². The first-order chi connectivity index (χ1) is 10.1. The Hall–Kier alpha value is -1.68. The molecule has 1 aliphatic rings. The van der Waals surface area contributed by atoms with Gasteiger partial charge >= 0.3 is 5.97 Å². The monoisotopic (exact) mass is 291 g/mol. The summed E-state index contributed by atoms with van der Waals surface area (Å²) >= 11 is 0. The zero-order valence-electron chi connectivity index (χ0n) is 12.4. The van der Waals surface area contributed by atoms with Crippen LogP contribution >= 0.6 is 0 Å². The van der Waals surface area contributed by atoms with Gasteiger partial charge in [0, 0.05) is 24.2 Å². The lowest BCUT2D eigenvalue weighted by Gasteiger charge is -2.22. The van der Waals surface area contributed by atoms with E-state index in [9.17, 15) is 9.18 Å². The van der Waals surface area contributed by atoms with Gasteiger partial charge in [-0.05, 0) is 43.5 Å². The number of hydrogen-bond donors (Lipinski definition) is 1. The molecule has 0 aliphatic heterocycles. The van der Waals surface area contributed by atoms with Crippen molar-refractivity contribution in [1.82, 2.24) is 4.90 Å². The first-order valence-electron chi connectivity index (χ1n) is 7.53. The van der Waals surface area contributed by atoms with Gasteiger partial charge in [-0.2, -0.15) is 0 Å². The van der Waals surface area contributed by atoms with Crippen molar-refractivity contribution in [2.45, 2.75) is 45.2 Å². The fraction of sp³-hybridized carbons (Fsp3) is 0.471. The second-order valence-corrected chi connectivity index (χ2v) is 5.58. The SMILES string of the molecule is CCCCN(Cc1ccc(C=CC(=O)O)cc1F)C1CC1. The molecule has 4 heteroatoms. The first kappa shape index (κ1) is 15.7. The third-order valence-corrected chi connectivity index (χ3v) is 3.73. The molecule has 1 aromatic rings. The van der Waals surface area contributed by atoms with E-state index in [4.69, 9.17) is 5.11 Å². The normalized spacial score (nSPS) is 15.0. The molecule has 0 aromatic heterocycles. The average Bonchev–Trinajstić information content (AvgIpc) is 3.27. The molecule has 1 fully saturated rings. The molecule has 0 spiro atoms.